The van der Waals surface area contributed by atoms with Gasteiger partial charge in [-0.2, -0.15) is 0 Å². The number of anilines is 1. The molecule has 0 fully saturated rings. The molecule has 1 rings (SSSR count). The van der Waals surface area contributed by atoms with Crippen LogP contribution < -0.4 is 10.6 Å². The Morgan fingerprint density at radius 3 is 2.83 bits per heavy atom. The first-order chi connectivity index (χ1) is 8.52. The molecule has 0 radical (unpaired) electrons. The lowest BCUT2D eigenvalue weighted by Gasteiger charge is -2.11. The second kappa shape index (κ2) is 7.17. The van der Waals surface area contributed by atoms with Crippen LogP contribution in [0.1, 0.15) is 13.8 Å². The zero-order chi connectivity index (χ0) is 13.5. The number of rotatable bonds is 7. The van der Waals surface area contributed by atoms with Gasteiger partial charge in [-0.3, -0.25) is 9.59 Å². The van der Waals surface area contributed by atoms with Crippen molar-refractivity contribution in [1.29, 1.82) is 0 Å². The topological polar surface area (TPSA) is 104 Å². The Kier molecular flexibility index (Phi) is 5.86. The summed E-state index contributed by atoms with van der Waals surface area (Å²) in [5.41, 5.74) is 0. The molecule has 1 amide bonds. The van der Waals surface area contributed by atoms with Gasteiger partial charge in [0.05, 0.1) is 5.75 Å². The Balaban J connectivity index is 2.48. The van der Waals surface area contributed by atoms with Gasteiger partial charge in [-0.15, -0.1) is 10.2 Å². The van der Waals surface area contributed by atoms with Gasteiger partial charge in [-0.05, 0) is 13.8 Å². The molecule has 18 heavy (non-hydrogen) atoms. The summed E-state index contributed by atoms with van der Waals surface area (Å²) < 4.78 is 0.558. The van der Waals surface area contributed by atoms with Gasteiger partial charge in [0, 0.05) is 6.54 Å². The Hall–Kier alpha value is -1.35. The molecule has 0 aliphatic carbocycles. The highest BCUT2D eigenvalue weighted by Crippen LogP contribution is 2.25. The summed E-state index contributed by atoms with van der Waals surface area (Å²) in [4.78, 5) is 21.9. The van der Waals surface area contributed by atoms with Crippen LogP contribution in [0.2, 0.25) is 0 Å². The third-order valence-corrected chi connectivity index (χ3v) is 3.78. The maximum atomic E-state index is 11.5. The molecule has 0 bridgehead atoms. The zero-order valence-electron chi connectivity index (χ0n) is 9.97. The Morgan fingerprint density at radius 2 is 2.22 bits per heavy atom. The SMILES string of the molecule is CCNC(=O)C(C)Nc1nnc(SCC(=O)O)s1. The lowest BCUT2D eigenvalue weighted by molar-refractivity contribution is -0.134. The van der Waals surface area contributed by atoms with E-state index in [1.165, 1.54) is 11.3 Å². The highest BCUT2D eigenvalue weighted by molar-refractivity contribution is 8.01. The second-order valence-corrected chi connectivity index (χ2v) is 5.52. The highest BCUT2D eigenvalue weighted by atomic mass is 32.2. The Morgan fingerprint density at radius 1 is 1.50 bits per heavy atom. The van der Waals surface area contributed by atoms with E-state index in [0.29, 0.717) is 16.0 Å². The van der Waals surface area contributed by atoms with Gasteiger partial charge >= 0.3 is 5.97 Å². The molecule has 7 nitrogen and oxygen atoms in total. The molecule has 100 valence electrons. The number of nitrogens with one attached hydrogen (secondary N) is 2. The van der Waals surface area contributed by atoms with Gasteiger partial charge in [0.2, 0.25) is 11.0 Å². The number of carbonyl (C=O) groups is 2. The van der Waals surface area contributed by atoms with Crippen molar-refractivity contribution >= 4 is 40.1 Å². The molecule has 0 aliphatic heterocycles. The van der Waals surface area contributed by atoms with Crippen molar-refractivity contribution in [1.82, 2.24) is 15.5 Å². The largest absolute Gasteiger partial charge is 0.481 e. The summed E-state index contributed by atoms with van der Waals surface area (Å²) in [5, 5.41) is 22.3. The highest BCUT2D eigenvalue weighted by Gasteiger charge is 2.14. The summed E-state index contributed by atoms with van der Waals surface area (Å²) in [7, 11) is 0. The third kappa shape index (κ3) is 4.88. The summed E-state index contributed by atoms with van der Waals surface area (Å²) >= 11 is 2.32. The maximum Gasteiger partial charge on any atom is 0.313 e. The van der Waals surface area contributed by atoms with Crippen LogP contribution in [0.3, 0.4) is 0 Å². The summed E-state index contributed by atoms with van der Waals surface area (Å²) in [5.74, 6) is -1.08. The summed E-state index contributed by atoms with van der Waals surface area (Å²) in [6, 6.07) is -0.407. The average molecular weight is 290 g/mol. The number of likely N-dealkylation sites (N-methyl/N-ethyl adjacent to an activating group) is 1. The first kappa shape index (κ1) is 14.7. The number of amides is 1. The molecule has 1 aromatic heterocycles. The molecule has 1 unspecified atom stereocenters. The van der Waals surface area contributed by atoms with Crippen LogP contribution in [0.25, 0.3) is 0 Å². The molecule has 3 N–H and O–H groups in total. The van der Waals surface area contributed by atoms with E-state index in [2.05, 4.69) is 20.8 Å². The lowest BCUT2D eigenvalue weighted by atomic mass is 10.3. The van der Waals surface area contributed by atoms with Crippen molar-refractivity contribution in [2.24, 2.45) is 0 Å². The Labute approximate surface area is 112 Å². The molecule has 0 aliphatic rings. The number of carboxylic acids is 1. The molecule has 0 aromatic carbocycles. The van der Waals surface area contributed by atoms with Gasteiger partial charge in [-0.25, -0.2) is 0 Å². The molecule has 9 heteroatoms. The molecule has 1 heterocycles. The van der Waals surface area contributed by atoms with Gasteiger partial charge in [0.15, 0.2) is 4.34 Å². The van der Waals surface area contributed by atoms with E-state index in [1.54, 1.807) is 6.92 Å². The smallest absolute Gasteiger partial charge is 0.313 e. The van der Waals surface area contributed by atoms with Gasteiger partial charge in [0.1, 0.15) is 6.04 Å². The minimum atomic E-state index is -0.902. The predicted molar refractivity (Wildman–Crippen MR) is 70.0 cm³/mol. The molecular formula is C9H14N4O3S2. The summed E-state index contributed by atoms with van der Waals surface area (Å²) in [6.45, 7) is 4.13. The fraction of sp³-hybridized carbons (Fsp3) is 0.556. The van der Waals surface area contributed by atoms with Crippen LogP contribution >= 0.6 is 23.1 Å². The maximum absolute atomic E-state index is 11.5. The van der Waals surface area contributed by atoms with Gasteiger partial charge in [-0.1, -0.05) is 23.1 Å². The number of thioether (sulfide) groups is 1. The van der Waals surface area contributed by atoms with E-state index >= 15 is 0 Å². The summed E-state index contributed by atoms with van der Waals surface area (Å²) in [6.07, 6.45) is 0. The van der Waals surface area contributed by atoms with Crippen molar-refractivity contribution in [2.45, 2.75) is 24.2 Å². The first-order valence-electron chi connectivity index (χ1n) is 5.25. The fourth-order valence-electron chi connectivity index (χ4n) is 1.03. The predicted octanol–water partition coefficient (Wildman–Crippen LogP) is 0.651. The van der Waals surface area contributed by atoms with Crippen molar-refractivity contribution in [3.8, 4) is 0 Å². The Bertz CT molecular complexity index is 424. The van der Waals surface area contributed by atoms with Crippen LogP contribution in [0.15, 0.2) is 4.34 Å². The van der Waals surface area contributed by atoms with Gasteiger partial charge in [0.25, 0.3) is 0 Å². The quantitative estimate of drug-likeness (QED) is 0.633. The zero-order valence-corrected chi connectivity index (χ0v) is 11.6. The van der Waals surface area contributed by atoms with Crippen molar-refractivity contribution in [3.63, 3.8) is 0 Å². The molecule has 1 atom stereocenters. The van der Waals surface area contributed by atoms with E-state index < -0.39 is 12.0 Å². The average Bonchev–Trinajstić information content (AvgIpc) is 2.74. The molecule has 0 spiro atoms. The van der Waals surface area contributed by atoms with E-state index in [9.17, 15) is 9.59 Å². The number of aromatic nitrogens is 2. The van der Waals surface area contributed by atoms with E-state index in [1.807, 2.05) is 6.92 Å². The van der Waals surface area contributed by atoms with Crippen molar-refractivity contribution in [3.05, 3.63) is 0 Å². The van der Waals surface area contributed by atoms with E-state index in [4.69, 9.17) is 5.11 Å². The van der Waals surface area contributed by atoms with Crippen LogP contribution in [0, 0.1) is 0 Å². The van der Waals surface area contributed by atoms with Gasteiger partial charge < -0.3 is 15.7 Å². The van der Waals surface area contributed by atoms with Crippen LogP contribution in [-0.2, 0) is 9.59 Å². The number of hydrogen-bond donors (Lipinski definition) is 3. The standard InChI is InChI=1S/C9H14N4O3S2/c1-3-10-7(16)5(2)11-8-12-13-9(18-8)17-4-6(14)15/h5H,3-4H2,1-2H3,(H,10,16)(H,11,12)(H,14,15). The number of carboxylic acid groups (broad SMARTS) is 1. The molecule has 0 saturated heterocycles. The third-order valence-electron chi connectivity index (χ3n) is 1.81. The monoisotopic (exact) mass is 290 g/mol. The molecule has 0 saturated carbocycles. The number of hydrogen-bond acceptors (Lipinski definition) is 7. The number of carbonyl (C=O) groups excluding carboxylic acids is 1. The number of nitrogens with zero attached hydrogens (tertiary/aromatic N) is 2. The van der Waals surface area contributed by atoms with Crippen LogP contribution in [0.4, 0.5) is 5.13 Å². The van der Waals surface area contributed by atoms with Crippen molar-refractivity contribution in [2.75, 3.05) is 17.6 Å². The van der Waals surface area contributed by atoms with Crippen LogP contribution in [-0.4, -0.2) is 45.5 Å². The first-order valence-corrected chi connectivity index (χ1v) is 7.05. The normalized spacial score (nSPS) is 11.9. The minimum Gasteiger partial charge on any atom is -0.481 e. The lowest BCUT2D eigenvalue weighted by Crippen LogP contribution is -2.37. The van der Waals surface area contributed by atoms with E-state index in [-0.39, 0.29) is 11.7 Å². The molecular weight excluding hydrogens is 276 g/mol. The van der Waals surface area contributed by atoms with Crippen LogP contribution in [0.5, 0.6) is 0 Å². The van der Waals surface area contributed by atoms with Crippen molar-refractivity contribution < 1.29 is 14.7 Å². The second-order valence-electron chi connectivity index (χ2n) is 3.32. The fourth-order valence-corrected chi connectivity index (χ4v) is 2.59. The minimum absolute atomic E-state index is 0.0551. The molecule has 1 aromatic rings. The number of aliphatic carboxylic acids is 1. The van der Waals surface area contributed by atoms with E-state index in [0.717, 1.165) is 11.8 Å².